The van der Waals surface area contributed by atoms with Crippen molar-refractivity contribution in [1.82, 2.24) is 0 Å². The number of halogens is 2. The molecule has 0 amide bonds. The second kappa shape index (κ2) is 2.67. The molecule has 1 N–H and O–H groups in total. The Kier molecular flexibility index (Phi) is 2.91. The molecule has 0 aliphatic heterocycles. The molecule has 0 aromatic carbocycles. The monoisotopic (exact) mass is 128 g/mol. The van der Waals surface area contributed by atoms with Gasteiger partial charge in [-0.3, -0.25) is 0 Å². The summed E-state index contributed by atoms with van der Waals surface area (Å²) in [5, 5.41) is 8.37. The molecule has 0 heterocycles. The molecule has 1 nitrogen and oxygen atoms in total. The minimum Gasteiger partial charge on any atom is -0.391 e. The standard InChI is InChI=1S/C3H6Cl2O/c1-2(6)3(4)5/h2-3,6H,1H3/t2-/m0/s1. The van der Waals surface area contributed by atoms with Crippen molar-refractivity contribution in [3.63, 3.8) is 0 Å². The van der Waals surface area contributed by atoms with Crippen LogP contribution in [0, 0.1) is 0 Å². The van der Waals surface area contributed by atoms with Gasteiger partial charge < -0.3 is 5.11 Å². The average molecular weight is 129 g/mol. The smallest absolute Gasteiger partial charge is 0.133 e. The Hall–Kier alpha value is 0.540. The van der Waals surface area contributed by atoms with E-state index in [2.05, 4.69) is 0 Å². The van der Waals surface area contributed by atoms with Crippen LogP contribution in [0.5, 0.6) is 0 Å². The highest BCUT2D eigenvalue weighted by molar-refractivity contribution is 6.44. The third kappa shape index (κ3) is 2.76. The molecule has 0 saturated heterocycles. The first kappa shape index (κ1) is 6.54. The second-order valence-corrected chi connectivity index (χ2v) is 2.24. The van der Waals surface area contributed by atoms with Crippen LogP contribution in [0.15, 0.2) is 0 Å². The number of rotatable bonds is 1. The van der Waals surface area contributed by atoms with Gasteiger partial charge in [-0.1, -0.05) is 0 Å². The van der Waals surface area contributed by atoms with Crippen molar-refractivity contribution in [3.05, 3.63) is 0 Å². The molecule has 0 rings (SSSR count). The third-order valence-corrected chi connectivity index (χ3v) is 1.09. The van der Waals surface area contributed by atoms with E-state index in [1.54, 1.807) is 0 Å². The molecule has 3 heteroatoms. The largest absolute Gasteiger partial charge is 0.391 e. The topological polar surface area (TPSA) is 20.2 Å². The Bertz CT molecular complexity index is 29.8. The number of hydrogen-bond donors (Lipinski definition) is 1. The maximum Gasteiger partial charge on any atom is 0.133 e. The van der Waals surface area contributed by atoms with E-state index in [1.165, 1.54) is 6.92 Å². The van der Waals surface area contributed by atoms with E-state index in [9.17, 15) is 0 Å². The van der Waals surface area contributed by atoms with Gasteiger partial charge in [0.1, 0.15) is 4.84 Å². The van der Waals surface area contributed by atoms with Crippen molar-refractivity contribution in [1.29, 1.82) is 0 Å². The van der Waals surface area contributed by atoms with Gasteiger partial charge in [-0.15, -0.1) is 23.2 Å². The van der Waals surface area contributed by atoms with E-state index in [0.29, 0.717) is 0 Å². The van der Waals surface area contributed by atoms with Gasteiger partial charge in [0, 0.05) is 0 Å². The van der Waals surface area contributed by atoms with Crippen LogP contribution in [0.3, 0.4) is 0 Å². The van der Waals surface area contributed by atoms with Crippen LogP contribution in [0.4, 0.5) is 0 Å². The van der Waals surface area contributed by atoms with Crippen LogP contribution in [-0.2, 0) is 0 Å². The fourth-order valence-electron chi connectivity index (χ4n) is 0. The molecule has 0 saturated carbocycles. The average Bonchev–Trinajstić information content (AvgIpc) is 1.36. The zero-order chi connectivity index (χ0) is 5.15. The molecular weight excluding hydrogens is 123 g/mol. The van der Waals surface area contributed by atoms with Gasteiger partial charge in [-0.05, 0) is 6.92 Å². The summed E-state index contributed by atoms with van der Waals surface area (Å²) in [4.78, 5) is -0.648. The van der Waals surface area contributed by atoms with Crippen molar-refractivity contribution in [2.75, 3.05) is 0 Å². The summed E-state index contributed by atoms with van der Waals surface area (Å²) in [6, 6.07) is 0. The van der Waals surface area contributed by atoms with Crippen LogP contribution >= 0.6 is 23.2 Å². The Morgan fingerprint density at radius 3 is 1.67 bits per heavy atom. The van der Waals surface area contributed by atoms with Gasteiger partial charge in [0.25, 0.3) is 0 Å². The van der Waals surface area contributed by atoms with Crippen molar-refractivity contribution < 1.29 is 5.11 Å². The summed E-state index contributed by atoms with van der Waals surface area (Å²) in [6.07, 6.45) is -0.617. The van der Waals surface area contributed by atoms with E-state index in [1.807, 2.05) is 0 Å². The van der Waals surface area contributed by atoms with Crippen molar-refractivity contribution in [3.8, 4) is 0 Å². The molecule has 0 aromatic rings. The number of aliphatic hydroxyl groups excluding tert-OH is 1. The van der Waals surface area contributed by atoms with Gasteiger partial charge in [0.05, 0.1) is 6.10 Å². The lowest BCUT2D eigenvalue weighted by Gasteiger charge is -1.99. The summed E-state index contributed by atoms with van der Waals surface area (Å²) in [5.74, 6) is 0. The lowest BCUT2D eigenvalue weighted by molar-refractivity contribution is 0.209. The van der Waals surface area contributed by atoms with E-state index in [-0.39, 0.29) is 0 Å². The lowest BCUT2D eigenvalue weighted by Crippen LogP contribution is -2.08. The molecule has 0 aliphatic carbocycles. The molecule has 0 spiro atoms. The van der Waals surface area contributed by atoms with Gasteiger partial charge in [-0.2, -0.15) is 0 Å². The zero-order valence-electron chi connectivity index (χ0n) is 3.36. The molecule has 6 heavy (non-hydrogen) atoms. The lowest BCUT2D eigenvalue weighted by atomic mass is 10.5. The van der Waals surface area contributed by atoms with E-state index < -0.39 is 10.9 Å². The molecule has 0 fully saturated rings. The van der Waals surface area contributed by atoms with E-state index in [0.717, 1.165) is 0 Å². The highest BCUT2D eigenvalue weighted by atomic mass is 35.5. The highest BCUT2D eigenvalue weighted by Gasteiger charge is 2.03. The zero-order valence-corrected chi connectivity index (χ0v) is 4.87. The number of alkyl halides is 2. The fourth-order valence-corrected chi connectivity index (χ4v) is 0. The Morgan fingerprint density at radius 2 is 1.67 bits per heavy atom. The molecule has 38 valence electrons. The number of aliphatic hydroxyl groups is 1. The quantitative estimate of drug-likeness (QED) is 0.527. The van der Waals surface area contributed by atoms with Crippen LogP contribution in [-0.4, -0.2) is 16.0 Å². The van der Waals surface area contributed by atoms with Crippen LogP contribution < -0.4 is 0 Å². The Labute approximate surface area is 46.9 Å². The summed E-state index contributed by atoms with van der Waals surface area (Å²) in [5.41, 5.74) is 0. The normalized spacial score (nSPS) is 15.5. The molecule has 0 unspecified atom stereocenters. The van der Waals surface area contributed by atoms with Gasteiger partial charge in [0.15, 0.2) is 0 Å². The second-order valence-electron chi connectivity index (χ2n) is 1.08. The maximum atomic E-state index is 8.37. The Balaban J connectivity index is 2.99. The number of hydrogen-bond acceptors (Lipinski definition) is 1. The Morgan fingerprint density at radius 1 is 1.50 bits per heavy atom. The first-order valence-electron chi connectivity index (χ1n) is 1.61. The predicted molar refractivity (Wildman–Crippen MR) is 27.2 cm³/mol. The van der Waals surface area contributed by atoms with Gasteiger partial charge in [-0.25, -0.2) is 0 Å². The minimum atomic E-state index is -0.648. The van der Waals surface area contributed by atoms with Crippen molar-refractivity contribution >= 4 is 23.2 Å². The molecule has 0 radical (unpaired) electrons. The highest BCUT2D eigenvalue weighted by Crippen LogP contribution is 2.05. The third-order valence-electron chi connectivity index (χ3n) is 0.365. The fraction of sp³-hybridized carbons (Fsp3) is 1.00. The maximum absolute atomic E-state index is 8.37. The molecule has 1 atom stereocenters. The molecule has 0 bridgehead atoms. The van der Waals surface area contributed by atoms with Crippen LogP contribution in [0.1, 0.15) is 6.92 Å². The van der Waals surface area contributed by atoms with Gasteiger partial charge >= 0.3 is 0 Å². The molecule has 0 aromatic heterocycles. The minimum absolute atomic E-state index is 0.617. The predicted octanol–water partition coefficient (Wildman–Crippen LogP) is 1.17. The molecule has 0 aliphatic rings. The van der Waals surface area contributed by atoms with Crippen LogP contribution in [0.2, 0.25) is 0 Å². The summed E-state index contributed by atoms with van der Waals surface area (Å²) >= 11 is 10.3. The van der Waals surface area contributed by atoms with Crippen LogP contribution in [0.25, 0.3) is 0 Å². The van der Waals surface area contributed by atoms with Gasteiger partial charge in [0.2, 0.25) is 0 Å². The van der Waals surface area contributed by atoms with Crippen molar-refractivity contribution in [2.24, 2.45) is 0 Å². The first-order chi connectivity index (χ1) is 2.64. The van der Waals surface area contributed by atoms with E-state index >= 15 is 0 Å². The summed E-state index contributed by atoms with van der Waals surface area (Å²) in [7, 11) is 0. The summed E-state index contributed by atoms with van der Waals surface area (Å²) in [6.45, 7) is 1.53. The van der Waals surface area contributed by atoms with E-state index in [4.69, 9.17) is 28.3 Å². The SMILES string of the molecule is C[C@H](O)C(Cl)Cl. The summed E-state index contributed by atoms with van der Waals surface area (Å²) < 4.78 is 0. The van der Waals surface area contributed by atoms with Crippen molar-refractivity contribution in [2.45, 2.75) is 17.9 Å². The molecular formula is C3H6Cl2O. The first-order valence-corrected chi connectivity index (χ1v) is 2.48.